The van der Waals surface area contributed by atoms with E-state index in [1.165, 1.54) is 0 Å². The molecule has 2 rings (SSSR count). The summed E-state index contributed by atoms with van der Waals surface area (Å²) in [6.07, 6.45) is -1.11. The summed E-state index contributed by atoms with van der Waals surface area (Å²) in [7, 11) is 1.55. The zero-order valence-corrected chi connectivity index (χ0v) is 14.8. The highest BCUT2D eigenvalue weighted by Crippen LogP contribution is 2.25. The fourth-order valence-electron chi connectivity index (χ4n) is 2.50. The number of ether oxygens (including phenoxy) is 2. The minimum Gasteiger partial charge on any atom is -0.497 e. The van der Waals surface area contributed by atoms with Gasteiger partial charge in [-0.2, -0.15) is 0 Å². The predicted octanol–water partition coefficient (Wildman–Crippen LogP) is 2.34. The van der Waals surface area contributed by atoms with E-state index in [0.29, 0.717) is 16.9 Å². The van der Waals surface area contributed by atoms with E-state index in [4.69, 9.17) is 9.47 Å². The number of methoxy groups -OCH3 is 1. The molecule has 0 aliphatic carbocycles. The molecule has 0 aromatic heterocycles. The number of benzene rings is 2. The van der Waals surface area contributed by atoms with E-state index >= 15 is 0 Å². The lowest BCUT2D eigenvalue weighted by Crippen LogP contribution is -2.37. The molecule has 138 valence electrons. The van der Waals surface area contributed by atoms with Gasteiger partial charge in [0.2, 0.25) is 0 Å². The van der Waals surface area contributed by atoms with E-state index in [1.807, 2.05) is 6.07 Å². The van der Waals surface area contributed by atoms with Gasteiger partial charge in [-0.1, -0.05) is 30.3 Å². The molecule has 2 aromatic carbocycles. The van der Waals surface area contributed by atoms with Gasteiger partial charge in [-0.05, 0) is 36.8 Å². The molecule has 0 unspecified atom stereocenters. The number of amides is 1. The second-order valence-corrected chi connectivity index (χ2v) is 5.65. The van der Waals surface area contributed by atoms with Gasteiger partial charge >= 0.3 is 5.97 Å². The van der Waals surface area contributed by atoms with Gasteiger partial charge in [-0.15, -0.1) is 0 Å². The SMILES string of the molecule is CCOC(=O)[C@@H](CNC(=O)c1ccccc1)[C@H](O)c1ccc(OC)cc1. The molecule has 0 heterocycles. The number of carbonyl (C=O) groups excluding carboxylic acids is 2. The van der Waals surface area contributed by atoms with E-state index < -0.39 is 18.0 Å². The summed E-state index contributed by atoms with van der Waals surface area (Å²) in [6, 6.07) is 15.4. The number of hydrogen-bond acceptors (Lipinski definition) is 5. The van der Waals surface area contributed by atoms with Gasteiger partial charge < -0.3 is 19.9 Å². The van der Waals surface area contributed by atoms with Crippen molar-refractivity contribution >= 4 is 11.9 Å². The minimum absolute atomic E-state index is 0.0419. The van der Waals surface area contributed by atoms with Gasteiger partial charge in [-0.25, -0.2) is 0 Å². The molecule has 0 fully saturated rings. The highest BCUT2D eigenvalue weighted by atomic mass is 16.5. The quantitative estimate of drug-likeness (QED) is 0.709. The van der Waals surface area contributed by atoms with Crippen molar-refractivity contribution in [2.75, 3.05) is 20.3 Å². The molecule has 0 spiro atoms. The molecular weight excluding hydrogens is 334 g/mol. The summed E-state index contributed by atoms with van der Waals surface area (Å²) in [4.78, 5) is 24.5. The molecule has 0 aliphatic rings. The van der Waals surface area contributed by atoms with Crippen molar-refractivity contribution < 1.29 is 24.2 Å². The van der Waals surface area contributed by atoms with Crippen LogP contribution in [-0.4, -0.2) is 37.2 Å². The maximum atomic E-state index is 12.3. The number of aliphatic hydroxyl groups excluding tert-OH is 1. The smallest absolute Gasteiger partial charge is 0.313 e. The van der Waals surface area contributed by atoms with Gasteiger partial charge in [0.25, 0.3) is 5.91 Å². The summed E-state index contributed by atoms with van der Waals surface area (Å²) >= 11 is 0. The van der Waals surface area contributed by atoms with Crippen molar-refractivity contribution in [1.82, 2.24) is 5.32 Å². The van der Waals surface area contributed by atoms with E-state index in [-0.39, 0.29) is 19.1 Å². The van der Waals surface area contributed by atoms with Crippen LogP contribution in [0.4, 0.5) is 0 Å². The van der Waals surface area contributed by atoms with Crippen molar-refractivity contribution in [3.63, 3.8) is 0 Å². The number of rotatable bonds is 8. The molecule has 26 heavy (non-hydrogen) atoms. The number of carbonyl (C=O) groups is 2. The van der Waals surface area contributed by atoms with Crippen LogP contribution in [0.2, 0.25) is 0 Å². The van der Waals surface area contributed by atoms with E-state index in [2.05, 4.69) is 5.32 Å². The first kappa shape index (κ1) is 19.5. The molecule has 6 heteroatoms. The Hall–Kier alpha value is -2.86. The summed E-state index contributed by atoms with van der Waals surface area (Å²) < 4.78 is 10.1. The van der Waals surface area contributed by atoms with Crippen LogP contribution in [0.3, 0.4) is 0 Å². The first-order valence-corrected chi connectivity index (χ1v) is 8.38. The Bertz CT molecular complexity index is 715. The number of esters is 1. The summed E-state index contributed by atoms with van der Waals surface area (Å²) in [6.45, 7) is 1.84. The Morgan fingerprint density at radius 2 is 1.73 bits per heavy atom. The monoisotopic (exact) mass is 357 g/mol. The van der Waals surface area contributed by atoms with Crippen LogP contribution in [0.15, 0.2) is 54.6 Å². The highest BCUT2D eigenvalue weighted by Gasteiger charge is 2.30. The van der Waals surface area contributed by atoms with Crippen LogP contribution in [0, 0.1) is 5.92 Å². The third-order valence-corrected chi connectivity index (χ3v) is 3.95. The van der Waals surface area contributed by atoms with E-state index in [0.717, 1.165) is 0 Å². The first-order chi connectivity index (χ1) is 12.6. The van der Waals surface area contributed by atoms with Crippen molar-refractivity contribution in [2.24, 2.45) is 5.92 Å². The van der Waals surface area contributed by atoms with Gasteiger partial charge in [0.15, 0.2) is 0 Å². The molecule has 2 atom stereocenters. The summed E-state index contributed by atoms with van der Waals surface area (Å²) in [5.41, 5.74) is 1.02. The Balaban J connectivity index is 2.11. The molecule has 0 saturated heterocycles. The molecule has 0 saturated carbocycles. The van der Waals surface area contributed by atoms with Gasteiger partial charge in [0, 0.05) is 12.1 Å². The van der Waals surface area contributed by atoms with Crippen molar-refractivity contribution in [3.8, 4) is 5.75 Å². The summed E-state index contributed by atoms with van der Waals surface area (Å²) in [5.74, 6) is -1.16. The van der Waals surface area contributed by atoms with E-state index in [9.17, 15) is 14.7 Å². The second kappa shape index (κ2) is 9.58. The Morgan fingerprint density at radius 3 is 2.31 bits per heavy atom. The average molecular weight is 357 g/mol. The number of nitrogens with one attached hydrogen (secondary N) is 1. The third-order valence-electron chi connectivity index (χ3n) is 3.95. The van der Waals surface area contributed by atoms with Gasteiger partial charge in [0.1, 0.15) is 11.7 Å². The van der Waals surface area contributed by atoms with Gasteiger partial charge in [-0.3, -0.25) is 9.59 Å². The zero-order chi connectivity index (χ0) is 18.9. The number of hydrogen-bond donors (Lipinski definition) is 2. The lowest BCUT2D eigenvalue weighted by atomic mass is 9.95. The molecule has 0 radical (unpaired) electrons. The maximum Gasteiger partial charge on any atom is 0.313 e. The molecule has 2 N–H and O–H groups in total. The van der Waals surface area contributed by atoms with Crippen LogP contribution in [0.25, 0.3) is 0 Å². The Morgan fingerprint density at radius 1 is 1.08 bits per heavy atom. The fraction of sp³-hybridized carbons (Fsp3) is 0.300. The Kier molecular flexibility index (Phi) is 7.17. The van der Waals surface area contributed by atoms with Crippen LogP contribution in [-0.2, 0) is 9.53 Å². The molecule has 0 aliphatic heterocycles. The molecule has 2 aromatic rings. The van der Waals surface area contributed by atoms with Crippen molar-refractivity contribution in [2.45, 2.75) is 13.0 Å². The predicted molar refractivity (Wildman–Crippen MR) is 96.9 cm³/mol. The average Bonchev–Trinajstić information content (AvgIpc) is 2.68. The topological polar surface area (TPSA) is 84.9 Å². The second-order valence-electron chi connectivity index (χ2n) is 5.65. The Labute approximate surface area is 152 Å². The van der Waals surface area contributed by atoms with Crippen LogP contribution in [0.5, 0.6) is 5.75 Å². The molecule has 0 bridgehead atoms. The van der Waals surface area contributed by atoms with Gasteiger partial charge in [0.05, 0.1) is 19.8 Å². The summed E-state index contributed by atoms with van der Waals surface area (Å²) in [5, 5.41) is 13.3. The normalized spacial score (nSPS) is 12.7. The van der Waals surface area contributed by atoms with Crippen LogP contribution >= 0.6 is 0 Å². The largest absolute Gasteiger partial charge is 0.497 e. The minimum atomic E-state index is -1.11. The fourth-order valence-corrected chi connectivity index (χ4v) is 2.50. The van der Waals surface area contributed by atoms with Crippen molar-refractivity contribution in [1.29, 1.82) is 0 Å². The molecular formula is C20H23NO5. The first-order valence-electron chi connectivity index (χ1n) is 8.38. The molecule has 1 amide bonds. The van der Waals surface area contributed by atoms with Crippen molar-refractivity contribution in [3.05, 3.63) is 65.7 Å². The standard InChI is InChI=1S/C20H23NO5/c1-3-26-20(24)17(13-21-19(23)15-7-5-4-6-8-15)18(22)14-9-11-16(25-2)12-10-14/h4-12,17-18,22H,3,13H2,1-2H3,(H,21,23)/t17-,18+/m0/s1. The zero-order valence-electron chi connectivity index (χ0n) is 14.8. The lowest BCUT2D eigenvalue weighted by molar-refractivity contribution is -0.151. The lowest BCUT2D eigenvalue weighted by Gasteiger charge is -2.22. The third kappa shape index (κ3) is 5.07. The number of aliphatic hydroxyl groups is 1. The maximum absolute atomic E-state index is 12.3. The highest BCUT2D eigenvalue weighted by molar-refractivity contribution is 5.94. The van der Waals surface area contributed by atoms with E-state index in [1.54, 1.807) is 62.6 Å². The van der Waals surface area contributed by atoms with Crippen LogP contribution in [0.1, 0.15) is 28.9 Å². The molecule has 6 nitrogen and oxygen atoms in total. The van der Waals surface area contributed by atoms with Crippen LogP contribution < -0.4 is 10.1 Å².